The van der Waals surface area contributed by atoms with E-state index < -0.39 is 18.0 Å². The fourth-order valence-corrected chi connectivity index (χ4v) is 7.85. The van der Waals surface area contributed by atoms with Crippen LogP contribution in [0.1, 0.15) is 61.9 Å². The van der Waals surface area contributed by atoms with Crippen molar-refractivity contribution < 1.29 is 27.6 Å². The van der Waals surface area contributed by atoms with Gasteiger partial charge in [0.05, 0.1) is 11.0 Å². The van der Waals surface area contributed by atoms with Crippen molar-refractivity contribution in [1.82, 2.24) is 34.9 Å². The van der Waals surface area contributed by atoms with Gasteiger partial charge in [0.15, 0.2) is 0 Å². The number of H-pyrrole nitrogens is 1. The van der Waals surface area contributed by atoms with Crippen molar-refractivity contribution in [3.63, 3.8) is 0 Å². The first-order chi connectivity index (χ1) is 23.6. The Morgan fingerprint density at radius 1 is 0.898 bits per heavy atom. The number of anilines is 1. The first kappa shape index (κ1) is 33.2. The highest BCUT2D eigenvalue weighted by atomic mass is 19.4. The number of imidazole rings is 1. The molecular weight excluding hydrogens is 637 g/mol. The summed E-state index contributed by atoms with van der Waals surface area (Å²) in [6, 6.07) is 11.5. The summed E-state index contributed by atoms with van der Waals surface area (Å²) in [5, 5.41) is 5.95. The molecule has 5 amide bonds. The number of nitrogens with zero attached hydrogens (tertiary/aromatic N) is 5. The van der Waals surface area contributed by atoms with E-state index in [0.29, 0.717) is 57.2 Å². The minimum atomic E-state index is -4.61. The van der Waals surface area contributed by atoms with Crippen LogP contribution in [0.25, 0.3) is 11.0 Å². The van der Waals surface area contributed by atoms with Crippen molar-refractivity contribution in [2.75, 3.05) is 44.6 Å². The number of piperidine rings is 3. The molecule has 7 rings (SSSR count). The van der Waals surface area contributed by atoms with Crippen LogP contribution in [0, 0.1) is 0 Å². The van der Waals surface area contributed by atoms with Crippen LogP contribution >= 0.6 is 0 Å². The molecule has 3 N–H and O–H groups in total. The highest BCUT2D eigenvalue weighted by Crippen LogP contribution is 2.30. The number of urea groups is 2. The van der Waals surface area contributed by atoms with Gasteiger partial charge in [-0.15, -0.1) is 0 Å². The predicted molar refractivity (Wildman–Crippen MR) is 178 cm³/mol. The Hall–Kier alpha value is -4.33. The number of fused-ring (bicyclic) bond motifs is 2. The van der Waals surface area contributed by atoms with Crippen LogP contribution in [0.2, 0.25) is 0 Å². The van der Waals surface area contributed by atoms with Gasteiger partial charge in [-0.05, 0) is 80.9 Å². The molecule has 0 radical (unpaired) electrons. The van der Waals surface area contributed by atoms with Crippen molar-refractivity contribution in [3.05, 3.63) is 59.4 Å². The second kappa shape index (κ2) is 13.9. The molecule has 1 atom stereocenters. The second-order valence-electron chi connectivity index (χ2n) is 13.7. The van der Waals surface area contributed by atoms with Crippen molar-refractivity contribution in [2.45, 2.75) is 82.2 Å². The Morgan fingerprint density at radius 3 is 2.33 bits per heavy atom. The fourth-order valence-electron chi connectivity index (χ4n) is 7.85. The largest absolute Gasteiger partial charge is 0.449 e. The molecule has 2 aromatic carbocycles. The number of likely N-dealkylation sites (tertiary alicyclic amines) is 3. The number of halogens is 3. The molecule has 4 aliphatic rings. The monoisotopic (exact) mass is 680 g/mol. The van der Waals surface area contributed by atoms with Gasteiger partial charge in [-0.3, -0.25) is 4.79 Å². The van der Waals surface area contributed by atoms with E-state index in [-0.39, 0.29) is 41.5 Å². The van der Waals surface area contributed by atoms with E-state index in [9.17, 15) is 27.6 Å². The van der Waals surface area contributed by atoms with Gasteiger partial charge in [0.2, 0.25) is 11.7 Å². The average molecular weight is 681 g/mol. The number of carbonyl (C=O) groups is 3. The van der Waals surface area contributed by atoms with Crippen molar-refractivity contribution >= 4 is 34.7 Å². The Labute approximate surface area is 283 Å². The van der Waals surface area contributed by atoms with Gasteiger partial charge < -0.3 is 35.2 Å². The molecule has 1 aromatic heterocycles. The lowest BCUT2D eigenvalue weighted by molar-refractivity contribution is -0.144. The lowest BCUT2D eigenvalue weighted by Crippen LogP contribution is -2.57. The summed E-state index contributed by atoms with van der Waals surface area (Å²) < 4.78 is 39.9. The zero-order chi connectivity index (χ0) is 34.1. The normalized spacial score (nSPS) is 20.6. The molecule has 0 unspecified atom stereocenters. The van der Waals surface area contributed by atoms with Crippen LogP contribution in [-0.4, -0.2) is 105 Å². The lowest BCUT2D eigenvalue weighted by atomic mass is 9.98. The molecule has 0 spiro atoms. The first-order valence-corrected chi connectivity index (χ1v) is 17.4. The SMILES string of the molecule is O=C(N[C@H](Cc1ccc2nc(C(F)(F)F)[nH]c2c1)C(=O)N1CCC(N2CCCCC2)CC1)N1CCC(N2Cc3ccccc3NC2=O)CC1. The molecule has 14 heteroatoms. The summed E-state index contributed by atoms with van der Waals surface area (Å²) in [5.74, 6) is -1.27. The van der Waals surface area contributed by atoms with E-state index in [4.69, 9.17) is 0 Å². The minimum absolute atomic E-state index is 0.0289. The number of para-hydroxylation sites is 1. The molecule has 49 heavy (non-hydrogen) atoms. The number of aromatic nitrogens is 2. The van der Waals surface area contributed by atoms with E-state index >= 15 is 0 Å². The number of rotatable bonds is 6. The summed E-state index contributed by atoms with van der Waals surface area (Å²) in [4.78, 5) is 54.5. The maximum absolute atomic E-state index is 14.1. The van der Waals surface area contributed by atoms with E-state index in [1.165, 1.54) is 25.3 Å². The van der Waals surface area contributed by atoms with Gasteiger partial charge in [-0.2, -0.15) is 13.2 Å². The number of amides is 5. The van der Waals surface area contributed by atoms with E-state index in [2.05, 4.69) is 25.5 Å². The Kier molecular flexibility index (Phi) is 9.40. The smallest absolute Gasteiger partial charge is 0.341 e. The van der Waals surface area contributed by atoms with Crippen LogP contribution < -0.4 is 10.6 Å². The molecule has 3 fully saturated rings. The average Bonchev–Trinajstić information content (AvgIpc) is 3.56. The second-order valence-corrected chi connectivity index (χ2v) is 13.7. The molecule has 0 aliphatic carbocycles. The predicted octanol–water partition coefficient (Wildman–Crippen LogP) is 5.19. The molecule has 5 heterocycles. The van der Waals surface area contributed by atoms with Crippen LogP contribution in [-0.2, 0) is 23.9 Å². The highest BCUT2D eigenvalue weighted by Gasteiger charge is 2.37. The molecule has 4 aliphatic heterocycles. The highest BCUT2D eigenvalue weighted by molar-refractivity contribution is 5.92. The molecular formula is C35H43F3N8O3. The third-order valence-electron chi connectivity index (χ3n) is 10.6. The van der Waals surface area contributed by atoms with E-state index in [1.807, 2.05) is 34.1 Å². The number of aromatic amines is 1. The van der Waals surface area contributed by atoms with Gasteiger partial charge in [0.25, 0.3) is 0 Å². The van der Waals surface area contributed by atoms with Crippen LogP contribution in [0.3, 0.4) is 0 Å². The van der Waals surface area contributed by atoms with Gasteiger partial charge in [-0.1, -0.05) is 30.7 Å². The van der Waals surface area contributed by atoms with Crippen molar-refractivity contribution in [1.29, 1.82) is 0 Å². The standard InChI is InChI=1S/C35H43F3N8O3/c36-35(37,38)32-39-28-9-8-23(20-29(28)40-32)21-30(31(47)44-16-10-25(11-17-44)43-14-4-1-5-15-43)42-33(48)45-18-12-26(13-19-45)46-22-24-6-2-3-7-27(24)41-34(46)49/h2-3,6-9,20,25-26,30H,1,4-5,10-19,21-22H2,(H,39,40)(H,41,49)(H,42,48)/t30-/m1/s1. The summed E-state index contributed by atoms with van der Waals surface area (Å²) in [6.07, 6.45) is 2.12. The molecule has 0 saturated carbocycles. The third-order valence-corrected chi connectivity index (χ3v) is 10.6. The lowest BCUT2D eigenvalue weighted by Gasteiger charge is -2.42. The van der Waals surface area contributed by atoms with E-state index in [1.54, 1.807) is 17.0 Å². The number of hydrogen-bond acceptors (Lipinski definition) is 5. The fraction of sp³-hybridized carbons (Fsp3) is 0.543. The van der Waals surface area contributed by atoms with Crippen LogP contribution in [0.15, 0.2) is 42.5 Å². The molecule has 0 bridgehead atoms. The summed E-state index contributed by atoms with van der Waals surface area (Å²) in [6.45, 7) is 4.72. The van der Waals surface area contributed by atoms with Crippen molar-refractivity contribution in [2.24, 2.45) is 0 Å². The van der Waals surface area contributed by atoms with Gasteiger partial charge in [0.1, 0.15) is 6.04 Å². The number of alkyl halides is 3. The van der Waals surface area contributed by atoms with E-state index in [0.717, 1.165) is 37.2 Å². The summed E-state index contributed by atoms with van der Waals surface area (Å²) >= 11 is 0. The summed E-state index contributed by atoms with van der Waals surface area (Å²) in [5.41, 5.74) is 2.88. The number of benzene rings is 2. The summed E-state index contributed by atoms with van der Waals surface area (Å²) in [7, 11) is 0. The molecule has 262 valence electrons. The zero-order valence-corrected chi connectivity index (χ0v) is 27.5. The van der Waals surface area contributed by atoms with Crippen LogP contribution in [0.5, 0.6) is 0 Å². The maximum atomic E-state index is 14.1. The molecule has 3 saturated heterocycles. The molecule has 11 nitrogen and oxygen atoms in total. The third kappa shape index (κ3) is 7.34. The Balaban J connectivity index is 1.02. The van der Waals surface area contributed by atoms with Gasteiger partial charge in [-0.25, -0.2) is 14.6 Å². The topological polar surface area (TPSA) is 117 Å². The van der Waals surface area contributed by atoms with Gasteiger partial charge in [0, 0.05) is 56.9 Å². The number of carbonyl (C=O) groups excluding carboxylic acids is 3. The Bertz CT molecular complexity index is 1670. The van der Waals surface area contributed by atoms with Crippen LogP contribution in [0.4, 0.5) is 28.4 Å². The quantitative estimate of drug-likeness (QED) is 0.332. The Morgan fingerprint density at radius 2 is 1.59 bits per heavy atom. The zero-order valence-electron chi connectivity index (χ0n) is 27.5. The number of hydrogen-bond donors (Lipinski definition) is 3. The van der Waals surface area contributed by atoms with Crippen molar-refractivity contribution in [3.8, 4) is 0 Å². The number of nitrogens with one attached hydrogen (secondary N) is 3. The maximum Gasteiger partial charge on any atom is 0.449 e. The molecule has 3 aromatic rings. The minimum Gasteiger partial charge on any atom is -0.341 e. The first-order valence-electron chi connectivity index (χ1n) is 17.4. The van der Waals surface area contributed by atoms with Gasteiger partial charge >= 0.3 is 18.2 Å².